The average Bonchev–Trinajstić information content (AvgIpc) is 2.82. The summed E-state index contributed by atoms with van der Waals surface area (Å²) < 4.78 is 2.02. The quantitative estimate of drug-likeness (QED) is 0.724. The largest absolute Gasteiger partial charge is 0.383 e. The van der Waals surface area contributed by atoms with Gasteiger partial charge in [-0.2, -0.15) is 0 Å². The first-order chi connectivity index (χ1) is 8.58. The number of nitrogens with two attached hydrogens (primary N) is 1. The van der Waals surface area contributed by atoms with Crippen molar-refractivity contribution in [1.29, 1.82) is 0 Å². The molecule has 3 rings (SSSR count). The lowest BCUT2D eigenvalue weighted by Crippen LogP contribution is -1.98. The van der Waals surface area contributed by atoms with Gasteiger partial charge in [-0.3, -0.25) is 4.40 Å². The van der Waals surface area contributed by atoms with E-state index >= 15 is 0 Å². The van der Waals surface area contributed by atoms with Gasteiger partial charge in [-0.1, -0.05) is 0 Å². The fourth-order valence-electron chi connectivity index (χ4n) is 2.34. The molecule has 0 amide bonds. The van der Waals surface area contributed by atoms with Crippen LogP contribution in [0.15, 0.2) is 23.6 Å². The van der Waals surface area contributed by atoms with Crippen molar-refractivity contribution < 1.29 is 0 Å². The first-order valence-corrected chi connectivity index (χ1v) is 6.75. The lowest BCUT2D eigenvalue weighted by Gasteiger charge is -2.03. The Morgan fingerprint density at radius 2 is 2.00 bits per heavy atom. The Hall–Kier alpha value is -1.81. The normalized spacial score (nSPS) is 11.3. The zero-order valence-corrected chi connectivity index (χ0v) is 11.5. The second-order valence-electron chi connectivity index (χ2n) is 4.65. The molecule has 0 aliphatic rings. The number of hydrogen-bond acceptors (Lipinski definition) is 3. The van der Waals surface area contributed by atoms with Crippen molar-refractivity contribution in [2.24, 2.45) is 0 Å². The van der Waals surface area contributed by atoms with E-state index < -0.39 is 0 Å². The molecule has 0 saturated carbocycles. The highest BCUT2D eigenvalue weighted by Gasteiger charge is 2.15. The van der Waals surface area contributed by atoms with Crippen LogP contribution >= 0.6 is 11.3 Å². The number of nitrogens with zero attached hydrogens (tertiary/aromatic N) is 2. The molecule has 3 nitrogen and oxygen atoms in total. The van der Waals surface area contributed by atoms with Gasteiger partial charge in [0.05, 0.1) is 4.88 Å². The maximum Gasteiger partial charge on any atom is 0.139 e. The van der Waals surface area contributed by atoms with Crippen molar-refractivity contribution in [2.75, 3.05) is 5.73 Å². The second-order valence-corrected chi connectivity index (χ2v) is 5.56. The molecular weight excluding hydrogens is 242 g/mol. The summed E-state index contributed by atoms with van der Waals surface area (Å²) in [6.45, 7) is 6.23. The number of thiophene rings is 1. The van der Waals surface area contributed by atoms with E-state index in [9.17, 15) is 0 Å². The predicted molar refractivity (Wildman–Crippen MR) is 77.1 cm³/mol. The van der Waals surface area contributed by atoms with Crippen LogP contribution in [0.4, 0.5) is 5.82 Å². The van der Waals surface area contributed by atoms with Crippen molar-refractivity contribution in [2.45, 2.75) is 20.8 Å². The van der Waals surface area contributed by atoms with Crippen molar-refractivity contribution in [3.8, 4) is 10.6 Å². The van der Waals surface area contributed by atoms with Crippen LogP contribution in [0.1, 0.15) is 16.8 Å². The molecule has 2 N–H and O–H groups in total. The lowest BCUT2D eigenvalue weighted by molar-refractivity contribution is 1.09. The minimum Gasteiger partial charge on any atom is -0.383 e. The summed E-state index contributed by atoms with van der Waals surface area (Å²) in [7, 11) is 0. The first kappa shape index (κ1) is 11.3. The summed E-state index contributed by atoms with van der Waals surface area (Å²) in [6, 6.07) is 6.29. The molecule has 3 heterocycles. The summed E-state index contributed by atoms with van der Waals surface area (Å²) >= 11 is 1.69. The number of nitrogen functional groups attached to an aromatic ring is 1. The maximum absolute atomic E-state index is 6.26. The van der Waals surface area contributed by atoms with Crippen LogP contribution in [0.25, 0.3) is 16.2 Å². The van der Waals surface area contributed by atoms with Gasteiger partial charge < -0.3 is 5.73 Å². The van der Waals surface area contributed by atoms with Gasteiger partial charge in [-0.05, 0) is 55.5 Å². The van der Waals surface area contributed by atoms with Gasteiger partial charge >= 0.3 is 0 Å². The highest BCUT2D eigenvalue weighted by Crippen LogP contribution is 2.33. The third kappa shape index (κ3) is 1.53. The molecule has 3 aromatic rings. The number of aromatic nitrogens is 2. The molecule has 0 aromatic carbocycles. The van der Waals surface area contributed by atoms with Gasteiger partial charge in [-0.15, -0.1) is 11.3 Å². The Bertz CT molecular complexity index is 737. The van der Waals surface area contributed by atoms with Crippen LogP contribution in [0, 0.1) is 20.8 Å². The van der Waals surface area contributed by atoms with E-state index in [0.29, 0.717) is 0 Å². The zero-order chi connectivity index (χ0) is 12.9. The van der Waals surface area contributed by atoms with Crippen LogP contribution in [0.5, 0.6) is 0 Å². The van der Waals surface area contributed by atoms with Crippen molar-refractivity contribution >= 4 is 22.8 Å². The molecule has 0 radical (unpaired) electrons. The number of fused-ring (bicyclic) bond motifs is 1. The van der Waals surface area contributed by atoms with Gasteiger partial charge in [-0.25, -0.2) is 4.98 Å². The predicted octanol–water partition coefficient (Wildman–Crippen LogP) is 3.57. The highest BCUT2D eigenvalue weighted by atomic mass is 32.1. The molecule has 4 heteroatoms. The van der Waals surface area contributed by atoms with Gasteiger partial charge in [0.2, 0.25) is 0 Å². The van der Waals surface area contributed by atoms with Gasteiger partial charge in [0.1, 0.15) is 17.2 Å². The summed E-state index contributed by atoms with van der Waals surface area (Å²) in [4.78, 5) is 5.85. The number of imidazole rings is 1. The summed E-state index contributed by atoms with van der Waals surface area (Å²) in [5.41, 5.74) is 11.6. The van der Waals surface area contributed by atoms with E-state index in [0.717, 1.165) is 27.7 Å². The number of pyridine rings is 1. The molecule has 3 aromatic heterocycles. The van der Waals surface area contributed by atoms with Crippen molar-refractivity contribution in [3.63, 3.8) is 0 Å². The smallest absolute Gasteiger partial charge is 0.139 e. The Morgan fingerprint density at radius 3 is 2.67 bits per heavy atom. The molecular formula is C14H15N3S. The fraction of sp³-hybridized carbons (Fsp3) is 0.214. The topological polar surface area (TPSA) is 43.3 Å². The van der Waals surface area contributed by atoms with E-state index in [1.54, 1.807) is 11.3 Å². The SMILES string of the molecule is Cc1cc(C)n2c(N)c(-c3sccc3C)nc2c1. The van der Waals surface area contributed by atoms with Gasteiger partial charge in [0.15, 0.2) is 0 Å². The minimum atomic E-state index is 0.730. The molecule has 0 aliphatic carbocycles. The summed E-state index contributed by atoms with van der Waals surface area (Å²) in [5, 5.41) is 2.08. The molecule has 0 fully saturated rings. The Morgan fingerprint density at radius 1 is 1.22 bits per heavy atom. The van der Waals surface area contributed by atoms with Crippen LogP contribution in [0.2, 0.25) is 0 Å². The molecule has 0 bridgehead atoms. The lowest BCUT2D eigenvalue weighted by atomic mass is 10.2. The monoisotopic (exact) mass is 257 g/mol. The van der Waals surface area contributed by atoms with Crippen molar-refractivity contribution in [3.05, 3.63) is 40.4 Å². The Kier molecular flexibility index (Phi) is 2.41. The average molecular weight is 257 g/mol. The third-order valence-electron chi connectivity index (χ3n) is 3.16. The Balaban J connectivity index is 2.36. The number of aryl methyl sites for hydroxylation is 3. The van der Waals surface area contributed by atoms with Gasteiger partial charge in [0.25, 0.3) is 0 Å². The molecule has 92 valence electrons. The molecule has 0 unspecified atom stereocenters. The summed E-state index contributed by atoms with van der Waals surface area (Å²) in [6.07, 6.45) is 0. The molecule has 0 aliphatic heterocycles. The highest BCUT2D eigenvalue weighted by molar-refractivity contribution is 7.13. The number of rotatable bonds is 1. The number of hydrogen-bond donors (Lipinski definition) is 1. The van der Waals surface area contributed by atoms with E-state index in [1.165, 1.54) is 11.1 Å². The second kappa shape index (κ2) is 3.85. The van der Waals surface area contributed by atoms with Crippen LogP contribution in [-0.4, -0.2) is 9.38 Å². The molecule has 0 saturated heterocycles. The van der Waals surface area contributed by atoms with E-state index in [1.807, 2.05) is 4.40 Å². The van der Waals surface area contributed by atoms with Gasteiger partial charge in [0, 0.05) is 5.69 Å². The standard InChI is InChI=1S/C14H15N3S/c1-8-6-10(3)17-11(7-8)16-12(14(17)15)13-9(2)4-5-18-13/h4-7H,15H2,1-3H3. The van der Waals surface area contributed by atoms with E-state index in [-0.39, 0.29) is 0 Å². The third-order valence-corrected chi connectivity index (χ3v) is 4.19. The van der Waals surface area contributed by atoms with Crippen LogP contribution in [0.3, 0.4) is 0 Å². The zero-order valence-electron chi connectivity index (χ0n) is 10.7. The molecule has 0 atom stereocenters. The first-order valence-electron chi connectivity index (χ1n) is 5.87. The van der Waals surface area contributed by atoms with Crippen LogP contribution < -0.4 is 5.73 Å². The number of anilines is 1. The molecule has 0 spiro atoms. The minimum absolute atomic E-state index is 0.730. The fourth-order valence-corrected chi connectivity index (χ4v) is 3.26. The van der Waals surface area contributed by atoms with E-state index in [2.05, 4.69) is 49.3 Å². The summed E-state index contributed by atoms with van der Waals surface area (Å²) in [5.74, 6) is 0.730. The van der Waals surface area contributed by atoms with Crippen molar-refractivity contribution in [1.82, 2.24) is 9.38 Å². The Labute approximate surface area is 110 Å². The maximum atomic E-state index is 6.26. The molecule has 18 heavy (non-hydrogen) atoms. The van der Waals surface area contributed by atoms with Crippen LogP contribution in [-0.2, 0) is 0 Å². The van der Waals surface area contributed by atoms with E-state index in [4.69, 9.17) is 5.73 Å².